The number of halogens is 2. The average Bonchev–Trinajstić information content (AvgIpc) is 2.75. The number of thiophene rings is 1. The van der Waals surface area contributed by atoms with E-state index in [1.807, 2.05) is 13.0 Å². The minimum absolute atomic E-state index is 0.125. The van der Waals surface area contributed by atoms with Gasteiger partial charge in [-0.3, -0.25) is 0 Å². The number of hydrogen-bond donors (Lipinski definition) is 1. The molecule has 0 unspecified atom stereocenters. The lowest BCUT2D eigenvalue weighted by Crippen LogP contribution is -2.09. The fourth-order valence-electron chi connectivity index (χ4n) is 1.39. The van der Waals surface area contributed by atoms with Crippen LogP contribution in [0.4, 0.5) is 5.95 Å². The molecule has 0 bridgehead atoms. The highest BCUT2D eigenvalue weighted by atomic mass is 79.9. The first-order valence-corrected chi connectivity index (χ1v) is 7.68. The molecular weight excluding hydrogens is 352 g/mol. The van der Waals surface area contributed by atoms with Crippen LogP contribution in [0.5, 0.6) is 6.01 Å². The number of nitrogens with one attached hydrogen (secondary N) is 1. The highest BCUT2D eigenvalue weighted by molar-refractivity contribution is 9.11. The van der Waals surface area contributed by atoms with Gasteiger partial charge in [0.05, 0.1) is 10.4 Å². The summed E-state index contributed by atoms with van der Waals surface area (Å²) in [6, 6.07) is 4.36. The normalized spacial score (nSPS) is 10.5. The van der Waals surface area contributed by atoms with E-state index in [1.54, 1.807) is 11.3 Å². The van der Waals surface area contributed by atoms with Crippen LogP contribution in [0.1, 0.15) is 11.8 Å². The standard InChI is InChI=1S/C11H12BrClN4OS/c1-2-18-11-16-9(13)15-10(17-11)14-6-5-7-3-4-8(12)19-7/h3-4H,2,5-6H2,1H3,(H,14,15,16,17). The Morgan fingerprint density at radius 3 is 2.89 bits per heavy atom. The van der Waals surface area contributed by atoms with Crippen molar-refractivity contribution >= 4 is 44.8 Å². The van der Waals surface area contributed by atoms with Crippen LogP contribution in [0.3, 0.4) is 0 Å². The van der Waals surface area contributed by atoms with Crippen LogP contribution in [0.15, 0.2) is 15.9 Å². The molecule has 0 aromatic carbocycles. The highest BCUT2D eigenvalue weighted by Gasteiger charge is 2.05. The molecule has 0 spiro atoms. The molecule has 0 atom stereocenters. The van der Waals surface area contributed by atoms with Gasteiger partial charge >= 0.3 is 6.01 Å². The van der Waals surface area contributed by atoms with Gasteiger partial charge in [0, 0.05) is 11.4 Å². The van der Waals surface area contributed by atoms with Gasteiger partial charge in [0.1, 0.15) is 0 Å². The molecule has 0 amide bonds. The molecule has 0 radical (unpaired) electrons. The Labute approximate surface area is 128 Å². The summed E-state index contributed by atoms with van der Waals surface area (Å²) in [5.41, 5.74) is 0. The lowest BCUT2D eigenvalue weighted by atomic mass is 10.3. The molecule has 5 nitrogen and oxygen atoms in total. The fraction of sp³-hybridized carbons (Fsp3) is 0.364. The van der Waals surface area contributed by atoms with Crippen molar-refractivity contribution < 1.29 is 4.74 Å². The van der Waals surface area contributed by atoms with Crippen molar-refractivity contribution in [1.82, 2.24) is 15.0 Å². The third-order valence-corrected chi connectivity index (χ3v) is 4.00. The largest absolute Gasteiger partial charge is 0.464 e. The second-order valence-electron chi connectivity index (χ2n) is 3.53. The number of anilines is 1. The molecule has 2 aromatic heterocycles. The van der Waals surface area contributed by atoms with Gasteiger partial charge in [-0.05, 0) is 53.0 Å². The van der Waals surface area contributed by atoms with Crippen LogP contribution in [0, 0.1) is 0 Å². The maximum absolute atomic E-state index is 5.80. The highest BCUT2D eigenvalue weighted by Crippen LogP contribution is 2.22. The van der Waals surface area contributed by atoms with E-state index in [0.717, 1.165) is 16.8 Å². The Morgan fingerprint density at radius 1 is 1.37 bits per heavy atom. The molecule has 2 heterocycles. The first kappa shape index (κ1) is 14.5. The van der Waals surface area contributed by atoms with Crippen molar-refractivity contribution in [2.45, 2.75) is 13.3 Å². The maximum atomic E-state index is 5.80. The molecule has 0 aliphatic carbocycles. The maximum Gasteiger partial charge on any atom is 0.322 e. The van der Waals surface area contributed by atoms with Gasteiger partial charge in [-0.15, -0.1) is 11.3 Å². The van der Waals surface area contributed by atoms with E-state index in [-0.39, 0.29) is 11.3 Å². The number of nitrogens with zero attached hydrogens (tertiary/aromatic N) is 3. The zero-order chi connectivity index (χ0) is 13.7. The molecule has 2 rings (SSSR count). The summed E-state index contributed by atoms with van der Waals surface area (Å²) in [6.45, 7) is 3.07. The first-order chi connectivity index (χ1) is 9.17. The minimum atomic E-state index is 0.125. The Balaban J connectivity index is 1.91. The van der Waals surface area contributed by atoms with Gasteiger partial charge in [0.25, 0.3) is 0 Å². The Kier molecular flexibility index (Phi) is 5.35. The molecule has 8 heteroatoms. The van der Waals surface area contributed by atoms with Crippen molar-refractivity contribution in [3.8, 4) is 6.01 Å². The van der Waals surface area contributed by atoms with Gasteiger partial charge in [0.2, 0.25) is 11.2 Å². The Hall–Kier alpha value is -0.920. The van der Waals surface area contributed by atoms with Crippen molar-refractivity contribution in [3.63, 3.8) is 0 Å². The summed E-state index contributed by atoms with van der Waals surface area (Å²) in [4.78, 5) is 13.3. The molecule has 0 aliphatic rings. The topological polar surface area (TPSA) is 59.9 Å². The molecule has 102 valence electrons. The molecule has 0 fully saturated rings. The van der Waals surface area contributed by atoms with Crippen molar-refractivity contribution in [2.24, 2.45) is 0 Å². The van der Waals surface area contributed by atoms with Gasteiger partial charge in [0.15, 0.2) is 0 Å². The summed E-state index contributed by atoms with van der Waals surface area (Å²) in [5, 5.41) is 3.23. The van der Waals surface area contributed by atoms with E-state index in [0.29, 0.717) is 12.6 Å². The number of aromatic nitrogens is 3. The molecule has 19 heavy (non-hydrogen) atoms. The monoisotopic (exact) mass is 362 g/mol. The van der Waals surface area contributed by atoms with E-state index < -0.39 is 0 Å². The first-order valence-electron chi connectivity index (χ1n) is 5.70. The molecule has 0 saturated carbocycles. The van der Waals surface area contributed by atoms with Crippen molar-refractivity contribution in [3.05, 3.63) is 26.1 Å². The zero-order valence-corrected chi connectivity index (χ0v) is 13.3. The van der Waals surface area contributed by atoms with Crippen LogP contribution < -0.4 is 10.1 Å². The third kappa shape index (κ3) is 4.59. The number of hydrogen-bond acceptors (Lipinski definition) is 6. The number of rotatable bonds is 6. The van der Waals surface area contributed by atoms with Crippen LogP contribution in [0.25, 0.3) is 0 Å². The zero-order valence-electron chi connectivity index (χ0n) is 10.2. The lowest BCUT2D eigenvalue weighted by Gasteiger charge is -2.06. The Bertz CT molecular complexity index is 551. The van der Waals surface area contributed by atoms with E-state index in [4.69, 9.17) is 16.3 Å². The quantitative estimate of drug-likeness (QED) is 0.852. The minimum Gasteiger partial charge on any atom is -0.464 e. The molecule has 0 saturated heterocycles. The van der Waals surface area contributed by atoms with Crippen molar-refractivity contribution in [1.29, 1.82) is 0 Å². The predicted octanol–water partition coefficient (Wildman–Crippen LogP) is 3.40. The summed E-state index contributed by atoms with van der Waals surface area (Å²) in [7, 11) is 0. The summed E-state index contributed by atoms with van der Waals surface area (Å²) >= 11 is 10.9. The van der Waals surface area contributed by atoms with Crippen LogP contribution in [-0.4, -0.2) is 28.1 Å². The van der Waals surface area contributed by atoms with E-state index >= 15 is 0 Å². The predicted molar refractivity (Wildman–Crippen MR) is 80.2 cm³/mol. The summed E-state index contributed by atoms with van der Waals surface area (Å²) < 4.78 is 6.33. The molecular formula is C11H12BrClN4OS. The van der Waals surface area contributed by atoms with Crippen LogP contribution >= 0.6 is 38.9 Å². The summed E-state index contributed by atoms with van der Waals surface area (Å²) in [5.74, 6) is 0.430. The van der Waals surface area contributed by atoms with Gasteiger partial charge < -0.3 is 10.1 Å². The summed E-state index contributed by atoms with van der Waals surface area (Å²) in [6.07, 6.45) is 0.892. The molecule has 1 N–H and O–H groups in total. The van der Waals surface area contributed by atoms with E-state index in [1.165, 1.54) is 4.88 Å². The van der Waals surface area contributed by atoms with Gasteiger partial charge in [-0.2, -0.15) is 15.0 Å². The molecule has 2 aromatic rings. The third-order valence-electron chi connectivity index (χ3n) is 2.14. The van der Waals surface area contributed by atoms with Crippen LogP contribution in [0.2, 0.25) is 5.28 Å². The molecule has 0 aliphatic heterocycles. The average molecular weight is 364 g/mol. The Morgan fingerprint density at radius 2 is 2.21 bits per heavy atom. The smallest absolute Gasteiger partial charge is 0.322 e. The van der Waals surface area contributed by atoms with E-state index in [9.17, 15) is 0 Å². The van der Waals surface area contributed by atoms with Crippen molar-refractivity contribution in [2.75, 3.05) is 18.5 Å². The van der Waals surface area contributed by atoms with E-state index in [2.05, 4.69) is 42.3 Å². The van der Waals surface area contributed by atoms with Crippen LogP contribution in [-0.2, 0) is 6.42 Å². The SMILES string of the molecule is CCOc1nc(Cl)nc(NCCc2ccc(Br)s2)n1. The van der Waals surface area contributed by atoms with Gasteiger partial charge in [-0.1, -0.05) is 0 Å². The number of ether oxygens (including phenoxy) is 1. The fourth-order valence-corrected chi connectivity index (χ4v) is 3.02. The van der Waals surface area contributed by atoms with Gasteiger partial charge in [-0.25, -0.2) is 0 Å². The lowest BCUT2D eigenvalue weighted by molar-refractivity contribution is 0.312. The second kappa shape index (κ2) is 7.02. The second-order valence-corrected chi connectivity index (χ2v) is 6.41.